The lowest BCUT2D eigenvalue weighted by Crippen LogP contribution is -2.41. The summed E-state index contributed by atoms with van der Waals surface area (Å²) in [6.45, 7) is 2.36. The van der Waals surface area contributed by atoms with Gasteiger partial charge in [-0.3, -0.25) is 4.79 Å². The molecule has 1 aliphatic heterocycles. The summed E-state index contributed by atoms with van der Waals surface area (Å²) in [5.41, 5.74) is 0.162. The summed E-state index contributed by atoms with van der Waals surface area (Å²) < 4.78 is 52.5. The van der Waals surface area contributed by atoms with E-state index in [-0.39, 0.29) is 32.0 Å². The van der Waals surface area contributed by atoms with Crippen LogP contribution >= 0.6 is 15.9 Å². The number of carbonyl (C=O) groups is 1. The molecule has 0 bridgehead atoms. The minimum atomic E-state index is -4.03. The molecule has 1 amide bonds. The summed E-state index contributed by atoms with van der Waals surface area (Å²) in [5.74, 6) is -0.867. The number of hydrogen-bond donors (Lipinski definition) is 1. The molecule has 2 aromatic carbocycles. The molecule has 1 unspecified atom stereocenters. The molecule has 0 aliphatic carbocycles. The van der Waals surface area contributed by atoms with Crippen LogP contribution in [0.5, 0.6) is 5.75 Å². The number of anilines is 1. The molecule has 10 heteroatoms. The van der Waals surface area contributed by atoms with E-state index >= 15 is 0 Å². The van der Waals surface area contributed by atoms with Crippen LogP contribution in [0.3, 0.4) is 0 Å². The highest BCUT2D eigenvalue weighted by atomic mass is 79.9. The van der Waals surface area contributed by atoms with Crippen LogP contribution in [0, 0.1) is 5.82 Å². The highest BCUT2D eigenvalue weighted by Crippen LogP contribution is 2.24. The normalized spacial score (nSPS) is 16.2. The Hall–Kier alpha value is -2.01. The van der Waals surface area contributed by atoms with Crippen LogP contribution in [0.4, 0.5) is 10.1 Å². The standard InChI is InChI=1S/C19H20BrFN2O5S/c1-13(28-16-5-2-14(20)3-6-16)19(24)22-15-4-7-17(21)18(12-15)29(25,26)23-8-10-27-11-9-23/h2-7,12-13H,8-11H2,1H3,(H,22,24). The van der Waals surface area contributed by atoms with Crippen molar-refractivity contribution in [2.24, 2.45) is 0 Å². The number of sulfonamides is 1. The van der Waals surface area contributed by atoms with Gasteiger partial charge in [0, 0.05) is 23.2 Å². The van der Waals surface area contributed by atoms with E-state index in [0.29, 0.717) is 5.75 Å². The molecule has 156 valence electrons. The van der Waals surface area contributed by atoms with Crippen LogP contribution in [-0.4, -0.2) is 51.0 Å². The highest BCUT2D eigenvalue weighted by molar-refractivity contribution is 9.10. The van der Waals surface area contributed by atoms with Crippen LogP contribution in [0.1, 0.15) is 6.92 Å². The molecule has 0 spiro atoms. The molecule has 1 aliphatic rings. The molecule has 29 heavy (non-hydrogen) atoms. The first-order valence-corrected chi connectivity index (χ1v) is 11.1. The molecular weight excluding hydrogens is 467 g/mol. The quantitative estimate of drug-likeness (QED) is 0.678. The van der Waals surface area contributed by atoms with Gasteiger partial charge in [0.15, 0.2) is 6.10 Å². The Morgan fingerprint density at radius 3 is 2.52 bits per heavy atom. The van der Waals surface area contributed by atoms with Crippen LogP contribution in [0.25, 0.3) is 0 Å². The number of morpholine rings is 1. The van der Waals surface area contributed by atoms with Gasteiger partial charge in [0.05, 0.1) is 13.2 Å². The lowest BCUT2D eigenvalue weighted by Gasteiger charge is -2.26. The van der Waals surface area contributed by atoms with Crippen LogP contribution in [-0.2, 0) is 19.6 Å². The van der Waals surface area contributed by atoms with E-state index in [9.17, 15) is 17.6 Å². The second-order valence-electron chi connectivity index (χ2n) is 6.36. The minimum Gasteiger partial charge on any atom is -0.481 e. The summed E-state index contributed by atoms with van der Waals surface area (Å²) in [6, 6.07) is 10.4. The van der Waals surface area contributed by atoms with Gasteiger partial charge in [-0.05, 0) is 49.4 Å². The van der Waals surface area contributed by atoms with Gasteiger partial charge in [-0.15, -0.1) is 0 Å². The van der Waals surface area contributed by atoms with Gasteiger partial charge in [0.1, 0.15) is 16.5 Å². The van der Waals surface area contributed by atoms with Crippen molar-refractivity contribution in [3.8, 4) is 5.75 Å². The first-order valence-electron chi connectivity index (χ1n) is 8.88. The SMILES string of the molecule is CC(Oc1ccc(Br)cc1)C(=O)Nc1ccc(F)c(S(=O)(=O)N2CCOCC2)c1. The maximum atomic E-state index is 14.3. The van der Waals surface area contributed by atoms with Crippen molar-refractivity contribution in [1.82, 2.24) is 4.31 Å². The molecule has 0 saturated carbocycles. The second kappa shape index (κ2) is 9.21. The fourth-order valence-corrected chi connectivity index (χ4v) is 4.48. The third-order valence-corrected chi connectivity index (χ3v) is 6.72. The largest absolute Gasteiger partial charge is 0.481 e. The highest BCUT2D eigenvalue weighted by Gasteiger charge is 2.29. The number of nitrogens with one attached hydrogen (secondary N) is 1. The van der Waals surface area contributed by atoms with Gasteiger partial charge in [-0.1, -0.05) is 15.9 Å². The van der Waals surface area contributed by atoms with Crippen molar-refractivity contribution >= 4 is 37.5 Å². The number of halogens is 2. The minimum absolute atomic E-state index is 0.149. The van der Waals surface area contributed by atoms with E-state index in [0.717, 1.165) is 16.6 Å². The fourth-order valence-electron chi connectivity index (χ4n) is 2.72. The molecule has 1 fully saturated rings. The van der Waals surface area contributed by atoms with Crippen molar-refractivity contribution in [2.75, 3.05) is 31.6 Å². The molecule has 1 N–H and O–H groups in total. The Balaban J connectivity index is 1.73. The van der Waals surface area contributed by atoms with E-state index in [2.05, 4.69) is 21.2 Å². The van der Waals surface area contributed by atoms with Crippen molar-refractivity contribution < 1.29 is 27.1 Å². The van der Waals surface area contributed by atoms with Crippen LogP contribution < -0.4 is 10.1 Å². The first kappa shape index (κ1) is 21.7. The van der Waals surface area contributed by atoms with Gasteiger partial charge in [-0.25, -0.2) is 12.8 Å². The number of rotatable bonds is 6. The zero-order valence-corrected chi connectivity index (χ0v) is 18.0. The Bertz CT molecular complexity index is 979. The molecule has 2 aromatic rings. The van der Waals surface area contributed by atoms with E-state index in [1.807, 2.05) is 0 Å². The molecule has 3 rings (SSSR count). The van der Waals surface area contributed by atoms with Crippen LogP contribution in [0.15, 0.2) is 51.8 Å². The van der Waals surface area contributed by atoms with Crippen molar-refractivity contribution in [2.45, 2.75) is 17.9 Å². The summed E-state index contributed by atoms with van der Waals surface area (Å²) >= 11 is 3.32. The van der Waals surface area contributed by atoms with E-state index < -0.39 is 32.7 Å². The zero-order chi connectivity index (χ0) is 21.0. The first-order chi connectivity index (χ1) is 13.8. The predicted molar refractivity (Wildman–Crippen MR) is 109 cm³/mol. The third-order valence-electron chi connectivity index (χ3n) is 4.28. The average molecular weight is 487 g/mol. The lowest BCUT2D eigenvalue weighted by molar-refractivity contribution is -0.122. The van der Waals surface area contributed by atoms with E-state index in [1.54, 1.807) is 31.2 Å². The molecule has 1 heterocycles. The number of nitrogens with zero attached hydrogens (tertiary/aromatic N) is 1. The summed E-state index contributed by atoms with van der Waals surface area (Å²) in [5, 5.41) is 2.57. The van der Waals surface area contributed by atoms with Gasteiger partial charge in [0.25, 0.3) is 5.91 Å². The predicted octanol–water partition coefficient (Wildman–Crippen LogP) is 3.02. The summed E-state index contributed by atoms with van der Waals surface area (Å²) in [6.07, 6.45) is -0.847. The third kappa shape index (κ3) is 5.33. The van der Waals surface area contributed by atoms with Crippen molar-refractivity contribution in [3.05, 3.63) is 52.8 Å². The molecule has 0 aromatic heterocycles. The van der Waals surface area contributed by atoms with Crippen LogP contribution in [0.2, 0.25) is 0 Å². The molecule has 7 nitrogen and oxygen atoms in total. The molecule has 1 saturated heterocycles. The van der Waals surface area contributed by atoms with Gasteiger partial charge in [0.2, 0.25) is 10.0 Å². The zero-order valence-electron chi connectivity index (χ0n) is 15.6. The van der Waals surface area contributed by atoms with Gasteiger partial charge in [-0.2, -0.15) is 4.31 Å². The number of ether oxygens (including phenoxy) is 2. The second-order valence-corrected chi connectivity index (χ2v) is 9.19. The van der Waals surface area contributed by atoms with E-state index in [1.165, 1.54) is 10.4 Å². The summed E-state index contributed by atoms with van der Waals surface area (Å²) in [7, 11) is -4.03. The Kier molecular flexibility index (Phi) is 6.89. The number of hydrogen-bond acceptors (Lipinski definition) is 5. The molecule has 0 radical (unpaired) electrons. The Labute approximate surface area is 177 Å². The molecule has 1 atom stereocenters. The smallest absolute Gasteiger partial charge is 0.265 e. The number of carbonyl (C=O) groups excluding carboxylic acids is 1. The Morgan fingerprint density at radius 2 is 1.86 bits per heavy atom. The maximum absolute atomic E-state index is 14.3. The average Bonchev–Trinajstić information content (AvgIpc) is 2.71. The number of benzene rings is 2. The Morgan fingerprint density at radius 1 is 1.21 bits per heavy atom. The molecular formula is C19H20BrFN2O5S. The number of amides is 1. The topological polar surface area (TPSA) is 84.9 Å². The monoisotopic (exact) mass is 486 g/mol. The van der Waals surface area contributed by atoms with Crippen molar-refractivity contribution in [3.63, 3.8) is 0 Å². The van der Waals surface area contributed by atoms with Crippen molar-refractivity contribution in [1.29, 1.82) is 0 Å². The fraction of sp³-hybridized carbons (Fsp3) is 0.316. The summed E-state index contributed by atoms with van der Waals surface area (Å²) in [4.78, 5) is 11.9. The van der Waals surface area contributed by atoms with Gasteiger partial charge < -0.3 is 14.8 Å². The van der Waals surface area contributed by atoms with E-state index in [4.69, 9.17) is 9.47 Å². The lowest BCUT2D eigenvalue weighted by atomic mass is 10.3. The van der Waals surface area contributed by atoms with Gasteiger partial charge >= 0.3 is 0 Å². The maximum Gasteiger partial charge on any atom is 0.265 e.